The molecular weight excluding hydrogens is 529 g/mol. The number of rotatable bonds is 8. The molecule has 0 radical (unpaired) electrons. The minimum absolute atomic E-state index is 0.0566. The molecule has 2 heterocycles. The van der Waals surface area contributed by atoms with Crippen LogP contribution >= 0.6 is 27.5 Å². The van der Waals surface area contributed by atoms with E-state index in [0.717, 1.165) is 28.4 Å². The summed E-state index contributed by atoms with van der Waals surface area (Å²) in [5, 5.41) is 37.9. The normalized spacial score (nSPS) is 18.4. The van der Waals surface area contributed by atoms with Gasteiger partial charge in [-0.2, -0.15) is 0 Å². The molecule has 4 N–H and O–H groups in total. The fourth-order valence-electron chi connectivity index (χ4n) is 4.09. The van der Waals surface area contributed by atoms with E-state index in [1.54, 1.807) is 18.2 Å². The van der Waals surface area contributed by atoms with Gasteiger partial charge in [0.15, 0.2) is 0 Å². The molecular formula is C22H28B2BrClO8. The van der Waals surface area contributed by atoms with Crippen molar-refractivity contribution in [2.75, 3.05) is 26.4 Å². The molecule has 184 valence electrons. The summed E-state index contributed by atoms with van der Waals surface area (Å²) in [7, 11) is -1.97. The summed E-state index contributed by atoms with van der Waals surface area (Å²) in [6, 6.07) is 7.04. The van der Waals surface area contributed by atoms with Crippen LogP contribution in [-0.4, -0.2) is 60.9 Å². The van der Waals surface area contributed by atoms with E-state index < -0.39 is 14.2 Å². The highest BCUT2D eigenvalue weighted by atomic mass is 79.9. The predicted molar refractivity (Wildman–Crippen MR) is 134 cm³/mol. The van der Waals surface area contributed by atoms with Crippen molar-refractivity contribution in [1.82, 2.24) is 0 Å². The Hall–Kier alpha value is -1.30. The summed E-state index contributed by atoms with van der Waals surface area (Å²) in [6.45, 7) is 4.21. The molecule has 2 aliphatic heterocycles. The average molecular weight is 557 g/mol. The minimum atomic E-state index is -1.01. The Labute approximate surface area is 213 Å². The van der Waals surface area contributed by atoms with Crippen molar-refractivity contribution in [3.05, 3.63) is 44.9 Å². The number of aliphatic hydroxyl groups is 2. The van der Waals surface area contributed by atoms with Gasteiger partial charge in [-0.05, 0) is 42.7 Å². The summed E-state index contributed by atoms with van der Waals surface area (Å²) in [4.78, 5) is 0. The molecule has 0 bridgehead atoms. The lowest BCUT2D eigenvalue weighted by Crippen LogP contribution is -2.30. The minimum Gasteiger partial charge on any atom is -0.492 e. The molecule has 0 saturated carbocycles. The van der Waals surface area contributed by atoms with Crippen LogP contribution in [0, 0.1) is 0 Å². The molecule has 2 aliphatic rings. The zero-order chi connectivity index (χ0) is 24.8. The maximum Gasteiger partial charge on any atom is 0.495 e. The lowest BCUT2D eigenvalue weighted by atomic mass is 9.78. The number of hydrogen-bond donors (Lipinski definition) is 4. The van der Waals surface area contributed by atoms with Crippen molar-refractivity contribution >= 4 is 52.7 Å². The van der Waals surface area contributed by atoms with Crippen LogP contribution in [0.4, 0.5) is 0 Å². The van der Waals surface area contributed by atoms with Gasteiger partial charge in [0.05, 0.1) is 25.4 Å². The second kappa shape index (κ2) is 12.6. The first kappa shape index (κ1) is 27.3. The first-order chi connectivity index (χ1) is 16.4. The third kappa shape index (κ3) is 5.74. The summed E-state index contributed by atoms with van der Waals surface area (Å²) >= 11 is 9.58. The van der Waals surface area contributed by atoms with Crippen LogP contribution in [0.3, 0.4) is 0 Å². The number of halogens is 2. The number of ether oxygens (including phenoxy) is 2. The van der Waals surface area contributed by atoms with Crippen molar-refractivity contribution in [2.45, 2.75) is 38.9 Å². The van der Waals surface area contributed by atoms with Crippen molar-refractivity contribution in [3.8, 4) is 11.5 Å². The van der Waals surface area contributed by atoms with E-state index >= 15 is 0 Å². The van der Waals surface area contributed by atoms with Crippen LogP contribution in [-0.2, 0) is 9.31 Å². The molecule has 0 aliphatic carbocycles. The fourth-order valence-corrected chi connectivity index (χ4v) is 4.98. The van der Waals surface area contributed by atoms with Crippen molar-refractivity contribution < 1.29 is 39.0 Å². The third-order valence-electron chi connectivity index (χ3n) is 5.55. The van der Waals surface area contributed by atoms with Crippen LogP contribution in [0.5, 0.6) is 11.5 Å². The van der Waals surface area contributed by atoms with E-state index in [-0.39, 0.29) is 38.6 Å². The van der Waals surface area contributed by atoms with E-state index in [1.807, 2.05) is 19.9 Å². The Bertz CT molecular complexity index is 905. The second-order valence-corrected chi connectivity index (χ2v) is 8.92. The van der Waals surface area contributed by atoms with Crippen LogP contribution in [0.25, 0.3) is 0 Å². The molecule has 2 aromatic rings. The highest BCUT2D eigenvalue weighted by Crippen LogP contribution is 2.36. The van der Waals surface area contributed by atoms with Gasteiger partial charge in [0, 0.05) is 26.0 Å². The van der Waals surface area contributed by atoms with Crippen molar-refractivity contribution in [1.29, 1.82) is 0 Å². The number of fused-ring (bicyclic) bond motifs is 2. The lowest BCUT2D eigenvalue weighted by Gasteiger charge is -2.13. The van der Waals surface area contributed by atoms with Crippen LogP contribution < -0.4 is 20.4 Å². The van der Waals surface area contributed by atoms with Gasteiger partial charge in [-0.15, -0.1) is 0 Å². The Morgan fingerprint density at radius 2 is 1.32 bits per heavy atom. The molecule has 4 rings (SSSR count). The van der Waals surface area contributed by atoms with Crippen molar-refractivity contribution in [3.63, 3.8) is 0 Å². The standard InChI is InChI=1S/C11H14BBrO4.C11H14BClO4/c2*1-2-8-10-7(13)3-4-9(16-6-5-14)11(10)12(15)17-8/h2*3-4,8,14-15H,2,5-6H2,1H3/t2*8-/m11/s1. The quantitative estimate of drug-likeness (QED) is 0.364. The van der Waals surface area contributed by atoms with Gasteiger partial charge in [-0.25, -0.2) is 0 Å². The Kier molecular flexibility index (Phi) is 10.1. The zero-order valence-electron chi connectivity index (χ0n) is 19.0. The smallest absolute Gasteiger partial charge is 0.492 e. The SMILES string of the molecule is CC[C@H]1OB(O)c2c(OCCO)ccc(Br)c21.CC[C@H]1OB(O)c2c(OCCO)ccc(Cl)c21. The molecule has 2 aromatic carbocycles. The molecule has 0 fully saturated rings. The van der Waals surface area contributed by atoms with Crippen LogP contribution in [0.2, 0.25) is 5.02 Å². The number of benzene rings is 2. The van der Waals surface area contributed by atoms with Gasteiger partial charge in [-0.3, -0.25) is 0 Å². The lowest BCUT2D eigenvalue weighted by molar-refractivity contribution is 0.185. The first-order valence-corrected chi connectivity index (χ1v) is 12.3. The fraction of sp³-hybridized carbons (Fsp3) is 0.455. The van der Waals surface area contributed by atoms with E-state index in [0.29, 0.717) is 27.4 Å². The molecule has 2 atom stereocenters. The molecule has 0 saturated heterocycles. The molecule has 34 heavy (non-hydrogen) atoms. The average Bonchev–Trinajstić information content (AvgIpc) is 3.37. The van der Waals surface area contributed by atoms with Gasteiger partial charge in [-0.1, -0.05) is 41.4 Å². The second-order valence-electron chi connectivity index (χ2n) is 7.66. The maximum atomic E-state index is 9.90. The van der Waals surface area contributed by atoms with Gasteiger partial charge < -0.3 is 39.0 Å². The molecule has 0 unspecified atom stereocenters. The topological polar surface area (TPSA) is 118 Å². The van der Waals surface area contributed by atoms with E-state index in [9.17, 15) is 10.0 Å². The Morgan fingerprint density at radius 3 is 1.82 bits per heavy atom. The summed E-state index contributed by atoms with van der Waals surface area (Å²) < 4.78 is 22.6. The Morgan fingerprint density at radius 1 is 0.853 bits per heavy atom. The summed E-state index contributed by atoms with van der Waals surface area (Å²) in [5.74, 6) is 1.09. The van der Waals surface area contributed by atoms with Crippen LogP contribution in [0.15, 0.2) is 28.7 Å². The van der Waals surface area contributed by atoms with Crippen molar-refractivity contribution in [2.24, 2.45) is 0 Å². The largest absolute Gasteiger partial charge is 0.495 e. The number of aliphatic hydroxyl groups excluding tert-OH is 2. The van der Waals surface area contributed by atoms with E-state index in [4.69, 9.17) is 40.6 Å². The summed E-state index contributed by atoms with van der Waals surface area (Å²) in [6.07, 6.45) is 1.19. The molecule has 8 nitrogen and oxygen atoms in total. The summed E-state index contributed by atoms with van der Waals surface area (Å²) in [5.41, 5.74) is 2.98. The van der Waals surface area contributed by atoms with E-state index in [1.165, 1.54) is 0 Å². The monoisotopic (exact) mass is 556 g/mol. The highest BCUT2D eigenvalue weighted by Gasteiger charge is 2.39. The van der Waals surface area contributed by atoms with E-state index in [2.05, 4.69) is 15.9 Å². The van der Waals surface area contributed by atoms with Gasteiger partial charge in [0.25, 0.3) is 0 Å². The highest BCUT2D eigenvalue weighted by molar-refractivity contribution is 9.10. The molecule has 0 aromatic heterocycles. The van der Waals surface area contributed by atoms with Gasteiger partial charge >= 0.3 is 14.2 Å². The molecule has 12 heteroatoms. The molecule has 0 amide bonds. The predicted octanol–water partition coefficient (Wildman–Crippen LogP) is 1.87. The van der Waals surface area contributed by atoms with Crippen LogP contribution in [0.1, 0.15) is 50.0 Å². The third-order valence-corrected chi connectivity index (χ3v) is 6.57. The Balaban J connectivity index is 0.000000191. The maximum absolute atomic E-state index is 9.90. The van der Waals surface area contributed by atoms with Gasteiger partial charge in [0.1, 0.15) is 24.7 Å². The number of hydrogen-bond acceptors (Lipinski definition) is 8. The zero-order valence-corrected chi connectivity index (χ0v) is 21.4. The first-order valence-electron chi connectivity index (χ1n) is 11.2. The molecule has 0 spiro atoms. The van der Waals surface area contributed by atoms with Gasteiger partial charge in [0.2, 0.25) is 0 Å².